The summed E-state index contributed by atoms with van der Waals surface area (Å²) in [5.74, 6) is -0.847. The third-order valence-corrected chi connectivity index (χ3v) is 2.82. The molecule has 0 bridgehead atoms. The zero-order valence-electron chi connectivity index (χ0n) is 9.13. The molecule has 1 heterocycles. The third-order valence-electron chi connectivity index (χ3n) is 2.51. The van der Waals surface area contributed by atoms with Crippen molar-refractivity contribution >= 4 is 18.2 Å². The Bertz CT molecular complexity index is 526. The van der Waals surface area contributed by atoms with Gasteiger partial charge in [0.2, 0.25) is 0 Å². The summed E-state index contributed by atoms with van der Waals surface area (Å²) >= 11 is 5.03. The van der Waals surface area contributed by atoms with Gasteiger partial charge in [0.05, 0.1) is 5.56 Å². The van der Waals surface area contributed by atoms with Gasteiger partial charge in [-0.15, -0.1) is 0 Å². The van der Waals surface area contributed by atoms with Gasteiger partial charge < -0.3 is 10.1 Å². The minimum atomic E-state index is -0.847. The highest BCUT2D eigenvalue weighted by atomic mass is 32.1. The van der Waals surface area contributed by atoms with Gasteiger partial charge in [-0.05, 0) is 31.4 Å². The second kappa shape index (κ2) is 4.90. The maximum atomic E-state index is 10.5. The maximum Gasteiger partial charge on any atom is 0.303 e. The molecule has 0 saturated carbocycles. The van der Waals surface area contributed by atoms with Crippen molar-refractivity contribution in [1.29, 1.82) is 5.26 Å². The fraction of sp³-hybridized carbons (Fsp3) is 0.364. The Balaban J connectivity index is 3.24. The predicted octanol–water partition coefficient (Wildman–Crippen LogP) is 2.25. The van der Waals surface area contributed by atoms with Gasteiger partial charge in [0, 0.05) is 12.1 Å². The molecule has 0 fully saturated rings. The van der Waals surface area contributed by atoms with Gasteiger partial charge in [-0.3, -0.25) is 4.79 Å². The van der Waals surface area contributed by atoms with Crippen molar-refractivity contribution in [2.75, 3.05) is 0 Å². The number of nitrogens with one attached hydrogen (secondary N) is 1. The van der Waals surface area contributed by atoms with Crippen LogP contribution in [0.1, 0.15) is 28.8 Å². The normalized spacial score (nSPS) is 9.81. The fourth-order valence-electron chi connectivity index (χ4n) is 1.65. The van der Waals surface area contributed by atoms with Crippen LogP contribution in [0.4, 0.5) is 0 Å². The lowest BCUT2D eigenvalue weighted by atomic mass is 9.99. The van der Waals surface area contributed by atoms with E-state index in [1.54, 1.807) is 6.92 Å². The molecule has 0 aliphatic heterocycles. The SMILES string of the molecule is Cc1[nH]c(=S)c(C#N)c(C)c1CCC(=O)O. The maximum absolute atomic E-state index is 10.5. The van der Waals surface area contributed by atoms with Gasteiger partial charge in [0.15, 0.2) is 0 Å². The van der Waals surface area contributed by atoms with E-state index in [1.165, 1.54) is 0 Å². The molecule has 1 aromatic heterocycles. The van der Waals surface area contributed by atoms with Gasteiger partial charge in [-0.2, -0.15) is 5.26 Å². The van der Waals surface area contributed by atoms with Crippen LogP contribution >= 0.6 is 12.2 Å². The Kier molecular flexibility index (Phi) is 3.80. The van der Waals surface area contributed by atoms with Gasteiger partial charge in [-0.25, -0.2) is 0 Å². The predicted molar refractivity (Wildman–Crippen MR) is 61.8 cm³/mol. The average molecular weight is 236 g/mol. The number of aliphatic carboxylic acids is 1. The second-order valence-electron chi connectivity index (χ2n) is 3.56. The number of pyridine rings is 1. The van der Waals surface area contributed by atoms with Crippen LogP contribution in [0.15, 0.2) is 0 Å². The zero-order valence-corrected chi connectivity index (χ0v) is 9.94. The Labute approximate surface area is 98.5 Å². The summed E-state index contributed by atoms with van der Waals surface area (Å²) in [5.41, 5.74) is 2.92. The molecule has 0 saturated heterocycles. The fourth-order valence-corrected chi connectivity index (χ4v) is 2.00. The molecule has 5 heteroatoms. The van der Waals surface area contributed by atoms with E-state index >= 15 is 0 Å². The second-order valence-corrected chi connectivity index (χ2v) is 3.97. The lowest BCUT2D eigenvalue weighted by molar-refractivity contribution is -0.136. The first kappa shape index (κ1) is 12.4. The lowest BCUT2D eigenvalue weighted by Gasteiger charge is -2.10. The Morgan fingerprint density at radius 2 is 2.19 bits per heavy atom. The van der Waals surface area contributed by atoms with E-state index in [2.05, 4.69) is 4.98 Å². The standard InChI is InChI=1S/C11H12N2O2S/c1-6-8(3-4-10(14)15)7(2)13-11(16)9(6)5-12/h3-4H2,1-2H3,(H,13,16)(H,14,15). The number of carbonyl (C=O) groups is 1. The number of carboxylic acids is 1. The van der Waals surface area contributed by atoms with Crippen LogP contribution in [0.3, 0.4) is 0 Å². The van der Waals surface area contributed by atoms with E-state index in [1.807, 2.05) is 13.0 Å². The number of nitriles is 1. The van der Waals surface area contributed by atoms with Crippen molar-refractivity contribution in [2.24, 2.45) is 0 Å². The van der Waals surface area contributed by atoms with E-state index in [9.17, 15) is 4.79 Å². The number of aromatic nitrogens is 1. The molecule has 0 aliphatic rings. The summed E-state index contributed by atoms with van der Waals surface area (Å²) < 4.78 is 0.413. The smallest absolute Gasteiger partial charge is 0.303 e. The summed E-state index contributed by atoms with van der Waals surface area (Å²) in [6.45, 7) is 3.63. The number of nitrogens with zero attached hydrogens (tertiary/aromatic N) is 1. The van der Waals surface area contributed by atoms with E-state index < -0.39 is 5.97 Å². The van der Waals surface area contributed by atoms with Crippen LogP contribution in [-0.2, 0) is 11.2 Å². The Morgan fingerprint density at radius 3 is 2.69 bits per heavy atom. The van der Waals surface area contributed by atoms with Crippen molar-refractivity contribution in [3.8, 4) is 6.07 Å². The van der Waals surface area contributed by atoms with Crippen LogP contribution in [0.5, 0.6) is 0 Å². The minimum Gasteiger partial charge on any atom is -0.481 e. The highest BCUT2D eigenvalue weighted by Crippen LogP contribution is 2.18. The van der Waals surface area contributed by atoms with Crippen molar-refractivity contribution in [3.05, 3.63) is 27.0 Å². The third kappa shape index (κ3) is 2.47. The first-order chi connectivity index (χ1) is 7.47. The topological polar surface area (TPSA) is 76.9 Å². The molecular formula is C11H12N2O2S. The lowest BCUT2D eigenvalue weighted by Crippen LogP contribution is -2.04. The van der Waals surface area contributed by atoms with Crippen molar-refractivity contribution < 1.29 is 9.90 Å². The molecule has 0 spiro atoms. The Morgan fingerprint density at radius 1 is 1.56 bits per heavy atom. The van der Waals surface area contributed by atoms with Crippen molar-refractivity contribution in [2.45, 2.75) is 26.7 Å². The van der Waals surface area contributed by atoms with Gasteiger partial charge in [0.1, 0.15) is 10.7 Å². The van der Waals surface area contributed by atoms with E-state index in [0.717, 1.165) is 16.8 Å². The number of hydrogen-bond donors (Lipinski definition) is 2. The largest absolute Gasteiger partial charge is 0.481 e. The molecule has 0 unspecified atom stereocenters. The monoisotopic (exact) mass is 236 g/mol. The molecule has 1 aromatic rings. The van der Waals surface area contributed by atoms with Crippen LogP contribution < -0.4 is 0 Å². The number of carboxylic acid groups (broad SMARTS) is 1. The molecule has 0 amide bonds. The van der Waals surface area contributed by atoms with Gasteiger partial charge in [-0.1, -0.05) is 12.2 Å². The molecular weight excluding hydrogens is 224 g/mol. The van der Waals surface area contributed by atoms with Crippen LogP contribution in [0.25, 0.3) is 0 Å². The molecule has 1 rings (SSSR count). The molecule has 0 radical (unpaired) electrons. The quantitative estimate of drug-likeness (QED) is 0.789. The molecule has 84 valence electrons. The molecule has 0 atom stereocenters. The highest BCUT2D eigenvalue weighted by Gasteiger charge is 2.11. The summed E-state index contributed by atoms with van der Waals surface area (Å²) in [6.07, 6.45) is 0.463. The number of hydrogen-bond acceptors (Lipinski definition) is 3. The average Bonchev–Trinajstić information content (AvgIpc) is 2.16. The number of rotatable bonds is 3. The zero-order chi connectivity index (χ0) is 12.3. The Hall–Kier alpha value is -1.67. The van der Waals surface area contributed by atoms with Crippen LogP contribution in [-0.4, -0.2) is 16.1 Å². The van der Waals surface area contributed by atoms with Crippen LogP contribution in [0.2, 0.25) is 0 Å². The van der Waals surface area contributed by atoms with Crippen molar-refractivity contribution in [1.82, 2.24) is 4.98 Å². The van der Waals surface area contributed by atoms with Crippen molar-refractivity contribution in [3.63, 3.8) is 0 Å². The minimum absolute atomic E-state index is 0.0527. The first-order valence-corrected chi connectivity index (χ1v) is 5.22. The summed E-state index contributed by atoms with van der Waals surface area (Å²) in [5, 5.41) is 17.6. The highest BCUT2D eigenvalue weighted by molar-refractivity contribution is 7.71. The number of aromatic amines is 1. The van der Waals surface area contributed by atoms with Crippen LogP contribution in [0, 0.1) is 29.8 Å². The van der Waals surface area contributed by atoms with E-state index in [4.69, 9.17) is 22.6 Å². The van der Waals surface area contributed by atoms with E-state index in [-0.39, 0.29) is 6.42 Å². The molecule has 2 N–H and O–H groups in total. The molecule has 0 aliphatic carbocycles. The van der Waals surface area contributed by atoms with E-state index in [0.29, 0.717) is 16.6 Å². The van der Waals surface area contributed by atoms with Gasteiger partial charge >= 0.3 is 5.97 Å². The number of H-pyrrole nitrogens is 1. The van der Waals surface area contributed by atoms with Gasteiger partial charge in [0.25, 0.3) is 0 Å². The summed E-state index contributed by atoms with van der Waals surface area (Å²) in [6, 6.07) is 2.04. The first-order valence-electron chi connectivity index (χ1n) is 4.81. The molecule has 4 nitrogen and oxygen atoms in total. The number of aryl methyl sites for hydroxylation is 1. The molecule has 16 heavy (non-hydrogen) atoms. The molecule has 0 aromatic carbocycles. The summed E-state index contributed by atoms with van der Waals surface area (Å²) in [7, 11) is 0. The summed E-state index contributed by atoms with van der Waals surface area (Å²) in [4.78, 5) is 13.4.